The van der Waals surface area contributed by atoms with Gasteiger partial charge in [0.2, 0.25) is 0 Å². The maximum Gasteiger partial charge on any atom is 1.00 e. The number of nitrogens with zero attached hydrogens (tertiary/aromatic N) is 3. The van der Waals surface area contributed by atoms with Crippen molar-refractivity contribution in [3.63, 3.8) is 0 Å². The third-order valence-corrected chi connectivity index (χ3v) is 7.59. The van der Waals surface area contributed by atoms with Crippen LogP contribution in [0.1, 0.15) is 40.5 Å². The molecule has 0 bridgehead atoms. The molecule has 0 fully saturated rings. The summed E-state index contributed by atoms with van der Waals surface area (Å²) in [6.07, 6.45) is 0. The summed E-state index contributed by atoms with van der Waals surface area (Å²) in [6, 6.07) is 15.3. The van der Waals surface area contributed by atoms with Crippen LogP contribution < -0.4 is 24.6 Å². The minimum Gasteiger partial charge on any atom is -1.00 e. The van der Waals surface area contributed by atoms with Crippen molar-refractivity contribution in [2.75, 3.05) is 6.54 Å². The van der Waals surface area contributed by atoms with Gasteiger partial charge in [0.05, 0.1) is 5.69 Å². The summed E-state index contributed by atoms with van der Waals surface area (Å²) in [5.41, 5.74) is 9.13. The molecule has 4 nitrogen and oxygen atoms in total. The molecule has 10 heteroatoms. The fourth-order valence-electron chi connectivity index (χ4n) is 2.75. The molecule has 4 aromatic rings. The first-order valence-electron chi connectivity index (χ1n) is 10.6. The largest absolute Gasteiger partial charge is 1.00 e. The van der Waals surface area contributed by atoms with Gasteiger partial charge in [0.1, 0.15) is 15.7 Å². The Morgan fingerprint density at radius 3 is 1.61 bits per heavy atom. The summed E-state index contributed by atoms with van der Waals surface area (Å²) in [4.78, 5) is 12.7. The van der Waals surface area contributed by atoms with Gasteiger partial charge in [0.25, 0.3) is 5.54 Å². The zero-order chi connectivity index (χ0) is 24.9. The standard InChI is InChI=1S/C13H11ClN2S.C13H15ClN2S.Al.Li.4H/c1-13(2,15-3)11-8-17-12(16-11)9-4-6-10(14)7-5-9;1-13(2,8-15)11-7-17-12(16-11)9-3-5-10(14)6-4-9;;;;;;/h4-8H,1-2H3;3-7H,8,15H2,1-2H3;;;;;;/q;;;+1;;;;-1. The van der Waals surface area contributed by atoms with Gasteiger partial charge in [-0.15, -0.1) is 22.7 Å². The van der Waals surface area contributed by atoms with Gasteiger partial charge in [0, 0.05) is 57.7 Å². The Balaban J connectivity index is 0.000000648. The number of hydrogen-bond acceptors (Lipinski definition) is 5. The van der Waals surface area contributed by atoms with Crippen LogP contribution in [-0.4, -0.2) is 33.9 Å². The van der Waals surface area contributed by atoms with E-state index in [1.54, 1.807) is 22.7 Å². The van der Waals surface area contributed by atoms with Crippen molar-refractivity contribution in [1.82, 2.24) is 9.97 Å². The molecule has 2 aromatic carbocycles. The average Bonchev–Trinajstić information content (AvgIpc) is 3.52. The molecule has 0 aliphatic carbocycles. The second-order valence-corrected chi connectivity index (χ2v) is 11.4. The topological polar surface area (TPSA) is 56.2 Å². The number of benzene rings is 2. The second-order valence-electron chi connectivity index (χ2n) is 8.85. The minimum atomic E-state index is -0.554. The molecule has 0 atom stereocenters. The molecule has 0 aliphatic rings. The van der Waals surface area contributed by atoms with Gasteiger partial charge < -0.3 is 12.0 Å². The van der Waals surface area contributed by atoms with Crippen LogP contribution >= 0.6 is 45.9 Å². The molecule has 0 unspecified atom stereocenters. The van der Waals surface area contributed by atoms with Crippen LogP contribution in [0.15, 0.2) is 59.3 Å². The van der Waals surface area contributed by atoms with E-state index in [1.807, 2.05) is 67.8 Å². The van der Waals surface area contributed by atoms with E-state index >= 15 is 0 Å². The van der Waals surface area contributed by atoms with E-state index in [2.05, 4.69) is 34.0 Å². The smallest absolute Gasteiger partial charge is 1.00 e. The van der Waals surface area contributed by atoms with Crippen molar-refractivity contribution < 1.29 is 20.3 Å². The molecule has 2 N–H and O–H groups in total. The molecular weight excluding hydrogens is 537 g/mol. The molecule has 36 heavy (non-hydrogen) atoms. The summed E-state index contributed by atoms with van der Waals surface area (Å²) in [7, 11) is 0. The van der Waals surface area contributed by atoms with Crippen LogP contribution in [0, 0.1) is 6.57 Å². The summed E-state index contributed by atoms with van der Waals surface area (Å²) >= 11 is 14.9. The summed E-state index contributed by atoms with van der Waals surface area (Å²) in [6.45, 7) is 15.7. The van der Waals surface area contributed by atoms with Crippen molar-refractivity contribution in [3.05, 3.63) is 92.1 Å². The second kappa shape index (κ2) is 14.1. The van der Waals surface area contributed by atoms with Gasteiger partial charge in [-0.3, -0.25) is 0 Å². The molecule has 0 saturated carbocycles. The molecule has 0 aliphatic heterocycles. The van der Waals surface area contributed by atoms with Crippen molar-refractivity contribution in [1.29, 1.82) is 0 Å². The summed E-state index contributed by atoms with van der Waals surface area (Å²) in [5.74, 6) is 0. The Labute approximate surface area is 255 Å². The van der Waals surface area contributed by atoms with Gasteiger partial charge in [-0.05, 0) is 24.3 Å². The van der Waals surface area contributed by atoms with Gasteiger partial charge in [-0.1, -0.05) is 61.3 Å². The number of aromatic nitrogens is 2. The number of nitrogens with two attached hydrogens (primary N) is 1. The quantitative estimate of drug-likeness (QED) is 0.290. The predicted molar refractivity (Wildman–Crippen MR) is 158 cm³/mol. The average molecular weight is 568 g/mol. The molecule has 0 amide bonds. The monoisotopic (exact) mass is 566 g/mol. The number of thiazole rings is 2. The molecular formula is C26H30AlCl2LiN4S2. The summed E-state index contributed by atoms with van der Waals surface area (Å²) < 4.78 is 0. The minimum absolute atomic E-state index is 0. The SMILES string of the molecule is CC(C)(CN)c1csc(-c2ccc(Cl)cc2)n1.[AlH3].[C-]#[N+]C(C)(C)c1csc(-c2ccc(Cl)cc2)n1.[H-].[Li+]. The Hall–Kier alpha value is -1.14. The van der Waals surface area contributed by atoms with E-state index in [0.717, 1.165) is 37.6 Å². The Morgan fingerprint density at radius 1 is 0.833 bits per heavy atom. The van der Waals surface area contributed by atoms with Gasteiger partial charge in [0.15, 0.2) is 17.4 Å². The first-order chi connectivity index (χ1) is 16.1. The van der Waals surface area contributed by atoms with Gasteiger partial charge in [-0.2, -0.15) is 0 Å². The number of hydrogen-bond donors (Lipinski definition) is 1. The molecule has 2 heterocycles. The Bertz CT molecular complexity index is 1290. The van der Waals surface area contributed by atoms with Crippen LogP contribution in [0.2, 0.25) is 10.0 Å². The maximum atomic E-state index is 7.16. The maximum absolute atomic E-state index is 7.16. The zero-order valence-electron chi connectivity index (χ0n) is 21.5. The van der Waals surface area contributed by atoms with Crippen LogP contribution in [0.3, 0.4) is 0 Å². The molecule has 0 radical (unpaired) electrons. The molecule has 4 rings (SSSR count). The number of rotatable bonds is 5. The van der Waals surface area contributed by atoms with E-state index in [1.165, 1.54) is 0 Å². The molecule has 0 spiro atoms. The van der Waals surface area contributed by atoms with E-state index in [4.69, 9.17) is 35.5 Å². The van der Waals surface area contributed by atoms with Crippen LogP contribution in [0.5, 0.6) is 0 Å². The van der Waals surface area contributed by atoms with Crippen molar-refractivity contribution in [2.45, 2.75) is 38.6 Å². The van der Waals surface area contributed by atoms with Crippen LogP contribution in [0.4, 0.5) is 0 Å². The van der Waals surface area contributed by atoms with Crippen molar-refractivity contribution in [2.24, 2.45) is 5.73 Å². The first kappa shape index (κ1) is 32.9. The third kappa shape index (κ3) is 8.44. The fourth-order valence-corrected chi connectivity index (χ4v) is 5.01. The van der Waals surface area contributed by atoms with E-state index < -0.39 is 5.54 Å². The van der Waals surface area contributed by atoms with Crippen molar-refractivity contribution in [3.8, 4) is 21.1 Å². The normalized spacial score (nSPS) is 10.8. The van der Waals surface area contributed by atoms with E-state index in [9.17, 15) is 0 Å². The van der Waals surface area contributed by atoms with Gasteiger partial charge >= 0.3 is 18.9 Å². The Morgan fingerprint density at radius 2 is 1.22 bits per heavy atom. The van der Waals surface area contributed by atoms with Gasteiger partial charge in [-0.25, -0.2) is 16.5 Å². The Kier molecular flexibility index (Phi) is 12.9. The fraction of sp³-hybridized carbons (Fsp3) is 0.269. The molecule has 184 valence electrons. The molecule has 2 aromatic heterocycles. The third-order valence-electron chi connectivity index (χ3n) is 5.30. The van der Waals surface area contributed by atoms with E-state index in [-0.39, 0.29) is 43.1 Å². The molecule has 0 saturated heterocycles. The zero-order valence-corrected chi connectivity index (χ0v) is 23.6. The summed E-state index contributed by atoms with van der Waals surface area (Å²) in [5, 5.41) is 7.42. The predicted octanol–water partition coefficient (Wildman–Crippen LogP) is 4.25. The van der Waals surface area contributed by atoms with Crippen LogP contribution in [0.25, 0.3) is 26.0 Å². The van der Waals surface area contributed by atoms with E-state index in [0.29, 0.717) is 11.6 Å². The van der Waals surface area contributed by atoms with Crippen LogP contribution in [-0.2, 0) is 11.0 Å². The number of halogens is 2. The first-order valence-corrected chi connectivity index (χ1v) is 13.1. The van der Waals surface area contributed by atoms with Crippen molar-refractivity contribution >= 4 is 63.2 Å².